The molecule has 6 nitrogen and oxygen atoms in total. The molecule has 0 amide bonds. The first-order valence-electron chi connectivity index (χ1n) is 7.26. The van der Waals surface area contributed by atoms with Crippen LogP contribution in [0.3, 0.4) is 0 Å². The van der Waals surface area contributed by atoms with E-state index >= 15 is 0 Å². The maximum atomic E-state index is 11.2. The summed E-state index contributed by atoms with van der Waals surface area (Å²) in [7, 11) is 0. The number of unbranched alkanes of at least 4 members (excludes halogenated alkanes) is 7. The number of carbonyl (C=O) groups excluding carboxylic acids is 1. The number of aliphatic hydroxyl groups excluding tert-OH is 2. The van der Waals surface area contributed by atoms with E-state index in [0.29, 0.717) is 6.42 Å². The molecule has 0 saturated heterocycles. The van der Waals surface area contributed by atoms with Crippen LogP contribution in [0.1, 0.15) is 58.3 Å². The van der Waals surface area contributed by atoms with E-state index in [9.17, 15) is 14.7 Å². The smallest absolute Gasteiger partial charge is 0.338 e. The number of aliphatic hydroxyl groups is 2. The number of hydrogen-bond acceptors (Lipinski definition) is 5. The van der Waals surface area contributed by atoms with Crippen molar-refractivity contribution in [1.29, 1.82) is 0 Å². The van der Waals surface area contributed by atoms with E-state index in [0.717, 1.165) is 19.3 Å². The standard InChI is InChI=1S/C14H26O6/c1-2-3-4-5-6-7-8-9-10-20-14(19)12(16)11(15)13(17)18/h11-12,15-16H,2-10H2,1H3,(H,17,18)/t11-,12-/m0/s1. The molecule has 0 fully saturated rings. The molecule has 0 aliphatic rings. The Hall–Kier alpha value is -1.14. The molecule has 0 aliphatic carbocycles. The predicted molar refractivity (Wildman–Crippen MR) is 73.2 cm³/mol. The van der Waals surface area contributed by atoms with E-state index in [1.54, 1.807) is 0 Å². The van der Waals surface area contributed by atoms with Gasteiger partial charge in [0, 0.05) is 0 Å². The Kier molecular flexibility index (Phi) is 11.0. The average molecular weight is 290 g/mol. The molecule has 0 rings (SSSR count). The molecule has 0 aromatic rings. The van der Waals surface area contributed by atoms with Crippen LogP contribution in [0, 0.1) is 0 Å². The minimum atomic E-state index is -2.14. The molecule has 20 heavy (non-hydrogen) atoms. The van der Waals surface area contributed by atoms with Crippen molar-refractivity contribution in [2.24, 2.45) is 0 Å². The summed E-state index contributed by atoms with van der Waals surface area (Å²) in [6.07, 6.45) is 4.63. The monoisotopic (exact) mass is 290 g/mol. The van der Waals surface area contributed by atoms with Gasteiger partial charge in [-0.3, -0.25) is 0 Å². The van der Waals surface area contributed by atoms with Gasteiger partial charge < -0.3 is 20.1 Å². The van der Waals surface area contributed by atoms with Crippen LogP contribution in [-0.4, -0.2) is 46.1 Å². The lowest BCUT2D eigenvalue weighted by Crippen LogP contribution is -2.40. The van der Waals surface area contributed by atoms with Crippen LogP contribution < -0.4 is 0 Å². The molecule has 0 spiro atoms. The SMILES string of the molecule is CCCCCCCCCCOC(=O)[C@@H](O)[C@H](O)C(=O)O. The molecule has 0 bridgehead atoms. The third kappa shape index (κ3) is 8.87. The number of aliphatic carboxylic acids is 1. The van der Waals surface area contributed by atoms with Gasteiger partial charge in [-0.2, -0.15) is 0 Å². The van der Waals surface area contributed by atoms with Crippen LogP contribution in [0.25, 0.3) is 0 Å². The third-order valence-electron chi connectivity index (χ3n) is 3.04. The summed E-state index contributed by atoms with van der Waals surface area (Å²) in [5, 5.41) is 26.5. The zero-order valence-electron chi connectivity index (χ0n) is 12.1. The molecule has 2 atom stereocenters. The summed E-state index contributed by atoms with van der Waals surface area (Å²) in [6.45, 7) is 2.31. The van der Waals surface area contributed by atoms with Crippen molar-refractivity contribution < 1.29 is 29.6 Å². The van der Waals surface area contributed by atoms with Gasteiger partial charge in [0.25, 0.3) is 0 Å². The van der Waals surface area contributed by atoms with Crippen LogP contribution in [0.2, 0.25) is 0 Å². The Balaban J connectivity index is 3.50. The van der Waals surface area contributed by atoms with Gasteiger partial charge in [-0.25, -0.2) is 9.59 Å². The number of carbonyl (C=O) groups is 2. The van der Waals surface area contributed by atoms with Crippen LogP contribution in [-0.2, 0) is 14.3 Å². The van der Waals surface area contributed by atoms with Gasteiger partial charge in [-0.1, -0.05) is 51.9 Å². The van der Waals surface area contributed by atoms with Crippen molar-refractivity contribution in [2.45, 2.75) is 70.5 Å². The predicted octanol–water partition coefficient (Wildman–Crippen LogP) is 1.48. The number of ether oxygens (including phenoxy) is 1. The first kappa shape index (κ1) is 18.9. The fourth-order valence-electron chi connectivity index (χ4n) is 1.76. The van der Waals surface area contributed by atoms with Gasteiger partial charge in [-0.05, 0) is 6.42 Å². The molecule has 3 N–H and O–H groups in total. The van der Waals surface area contributed by atoms with E-state index in [1.165, 1.54) is 25.7 Å². The Morgan fingerprint density at radius 3 is 1.90 bits per heavy atom. The van der Waals surface area contributed by atoms with Crippen LogP contribution in [0.15, 0.2) is 0 Å². The van der Waals surface area contributed by atoms with Crippen molar-refractivity contribution >= 4 is 11.9 Å². The summed E-state index contributed by atoms with van der Waals surface area (Å²) in [4.78, 5) is 21.6. The number of rotatable bonds is 12. The molecule has 0 radical (unpaired) electrons. The summed E-state index contributed by atoms with van der Waals surface area (Å²) in [6, 6.07) is 0. The molecule has 0 unspecified atom stereocenters. The molecule has 0 heterocycles. The Labute approximate surface area is 119 Å². The second-order valence-corrected chi connectivity index (χ2v) is 4.87. The number of esters is 1. The lowest BCUT2D eigenvalue weighted by atomic mass is 10.1. The molecular formula is C14H26O6. The lowest BCUT2D eigenvalue weighted by molar-refractivity contribution is -0.169. The minimum Gasteiger partial charge on any atom is -0.479 e. The zero-order chi connectivity index (χ0) is 15.4. The molecular weight excluding hydrogens is 264 g/mol. The molecule has 0 aromatic heterocycles. The topological polar surface area (TPSA) is 104 Å². The number of hydrogen-bond donors (Lipinski definition) is 3. The van der Waals surface area contributed by atoms with E-state index in [1.807, 2.05) is 0 Å². The summed E-state index contributed by atoms with van der Waals surface area (Å²) < 4.78 is 4.71. The summed E-state index contributed by atoms with van der Waals surface area (Å²) >= 11 is 0. The molecule has 0 aromatic carbocycles. The Morgan fingerprint density at radius 2 is 1.40 bits per heavy atom. The van der Waals surface area contributed by atoms with Crippen LogP contribution >= 0.6 is 0 Å². The number of carboxylic acids is 1. The highest BCUT2D eigenvalue weighted by Crippen LogP contribution is 2.08. The van der Waals surface area contributed by atoms with Gasteiger partial charge in [0.05, 0.1) is 6.61 Å². The maximum Gasteiger partial charge on any atom is 0.338 e. The van der Waals surface area contributed by atoms with Crippen molar-refractivity contribution in [3.05, 3.63) is 0 Å². The first-order chi connectivity index (χ1) is 9.50. The average Bonchev–Trinajstić information content (AvgIpc) is 2.43. The van der Waals surface area contributed by atoms with E-state index in [4.69, 9.17) is 14.9 Å². The van der Waals surface area contributed by atoms with Gasteiger partial charge in [-0.15, -0.1) is 0 Å². The van der Waals surface area contributed by atoms with E-state index < -0.39 is 24.1 Å². The van der Waals surface area contributed by atoms with E-state index in [2.05, 4.69) is 6.92 Å². The first-order valence-corrected chi connectivity index (χ1v) is 7.26. The quantitative estimate of drug-likeness (QED) is 0.371. The van der Waals surface area contributed by atoms with Crippen molar-refractivity contribution in [2.75, 3.05) is 6.61 Å². The molecule has 0 aliphatic heterocycles. The van der Waals surface area contributed by atoms with E-state index in [-0.39, 0.29) is 6.61 Å². The Morgan fingerprint density at radius 1 is 0.900 bits per heavy atom. The van der Waals surface area contributed by atoms with Crippen molar-refractivity contribution in [1.82, 2.24) is 0 Å². The van der Waals surface area contributed by atoms with Gasteiger partial charge >= 0.3 is 11.9 Å². The van der Waals surface area contributed by atoms with Gasteiger partial charge in [0.2, 0.25) is 0 Å². The van der Waals surface area contributed by atoms with Crippen molar-refractivity contribution in [3.8, 4) is 0 Å². The van der Waals surface area contributed by atoms with Gasteiger partial charge in [0.1, 0.15) is 0 Å². The second-order valence-electron chi connectivity index (χ2n) is 4.87. The van der Waals surface area contributed by atoms with Crippen LogP contribution in [0.5, 0.6) is 0 Å². The highest BCUT2D eigenvalue weighted by atomic mass is 16.5. The normalized spacial score (nSPS) is 13.8. The molecule has 6 heteroatoms. The highest BCUT2D eigenvalue weighted by Gasteiger charge is 2.31. The lowest BCUT2D eigenvalue weighted by Gasteiger charge is -2.13. The summed E-state index contributed by atoms with van der Waals surface area (Å²) in [5.41, 5.74) is 0. The third-order valence-corrected chi connectivity index (χ3v) is 3.04. The summed E-state index contributed by atoms with van der Waals surface area (Å²) in [5.74, 6) is -2.75. The minimum absolute atomic E-state index is 0.136. The van der Waals surface area contributed by atoms with Crippen molar-refractivity contribution in [3.63, 3.8) is 0 Å². The zero-order valence-corrected chi connectivity index (χ0v) is 12.1. The Bertz CT molecular complexity index is 279. The maximum absolute atomic E-state index is 11.2. The molecule has 0 saturated carbocycles. The second kappa shape index (κ2) is 11.7. The van der Waals surface area contributed by atoms with Crippen LogP contribution in [0.4, 0.5) is 0 Å². The highest BCUT2D eigenvalue weighted by molar-refractivity contribution is 5.84. The molecule has 118 valence electrons. The van der Waals surface area contributed by atoms with Gasteiger partial charge in [0.15, 0.2) is 12.2 Å². The fraction of sp³-hybridized carbons (Fsp3) is 0.857. The largest absolute Gasteiger partial charge is 0.479 e. The fourth-order valence-corrected chi connectivity index (χ4v) is 1.76. The number of carboxylic acid groups (broad SMARTS) is 1.